The Hall–Kier alpha value is -6.35. The van der Waals surface area contributed by atoms with Gasteiger partial charge in [0, 0.05) is 69.3 Å². The number of Topliss-reactive ketones (excluding diaryl/α,β-unsaturated/α-hetero) is 1. The first-order valence-electron chi connectivity index (χ1n) is 19.7. The van der Waals surface area contributed by atoms with Crippen molar-refractivity contribution < 1.29 is 34.5 Å². The minimum atomic E-state index is -0.930. The first-order valence-corrected chi connectivity index (χ1v) is 19.7. The van der Waals surface area contributed by atoms with Crippen molar-refractivity contribution in [2.75, 3.05) is 38.1 Å². The zero-order chi connectivity index (χ0) is 41.6. The maximum atomic E-state index is 14.7. The Bertz CT molecular complexity index is 2310. The molecule has 0 saturated carbocycles. The Kier molecular flexibility index (Phi) is 12.5. The largest absolute Gasteiger partial charge is 0.508 e. The van der Waals surface area contributed by atoms with Crippen LogP contribution in [0.15, 0.2) is 110 Å². The van der Waals surface area contributed by atoms with E-state index >= 15 is 0 Å². The van der Waals surface area contributed by atoms with Crippen LogP contribution in [0.25, 0.3) is 10.9 Å². The van der Waals surface area contributed by atoms with Crippen LogP contribution in [0, 0.1) is 0 Å². The topological polar surface area (TPSA) is 172 Å². The summed E-state index contributed by atoms with van der Waals surface area (Å²) in [5.41, 5.74) is 4.56. The Morgan fingerprint density at radius 3 is 2.46 bits per heavy atom. The number of rotatable bonds is 16. The summed E-state index contributed by atoms with van der Waals surface area (Å²) in [5.74, 6) is -0.234. The number of nitrogens with one attached hydrogen (secondary N) is 1. The van der Waals surface area contributed by atoms with Crippen LogP contribution in [-0.4, -0.2) is 119 Å². The van der Waals surface area contributed by atoms with Gasteiger partial charge in [0.1, 0.15) is 23.8 Å². The lowest BCUT2D eigenvalue weighted by Gasteiger charge is -2.55. The number of aliphatic hydroxyl groups is 2. The lowest BCUT2D eigenvalue weighted by molar-refractivity contribution is -0.205. The van der Waals surface area contributed by atoms with Crippen LogP contribution in [0.2, 0.25) is 0 Å². The van der Waals surface area contributed by atoms with Gasteiger partial charge in [-0.1, -0.05) is 72.8 Å². The number of aromatic hydroxyl groups is 1. The minimum Gasteiger partial charge on any atom is -0.508 e. The molecule has 306 valence electrons. The van der Waals surface area contributed by atoms with E-state index in [0.29, 0.717) is 23.4 Å². The Morgan fingerprint density at radius 1 is 0.983 bits per heavy atom. The van der Waals surface area contributed by atoms with Crippen molar-refractivity contribution in [3.8, 4) is 5.75 Å². The van der Waals surface area contributed by atoms with Gasteiger partial charge in [0.25, 0.3) is 0 Å². The van der Waals surface area contributed by atoms with E-state index in [1.807, 2.05) is 60.1 Å². The molecule has 2 aliphatic rings. The molecule has 4 heterocycles. The molecule has 7 rings (SSSR count). The highest BCUT2D eigenvalue weighted by molar-refractivity contribution is 6.09. The number of aromatic nitrogens is 2. The standard InChI is InChI=1S/C45H49N7O7/c1-3-20-50-28-43(58)51-38(21-31-12-16-34(54)17-13-31)45(59)49(27-41(51)52(50)42(57)19-15-30-8-5-4-6-9-30)25-33-10-7-11-36-37(26-48(2)44(33)36)39(56)22-32-14-18-40(46-23-32)47-24-35(55)29-53/h3-14,16-18,23,26,35,38,41,53-55H,1,15,19-22,24-25,27-29H2,2H3,(H,46,47)/t35?,38-,41?/m0/s1. The van der Waals surface area contributed by atoms with Crippen molar-refractivity contribution in [1.29, 1.82) is 0 Å². The van der Waals surface area contributed by atoms with Gasteiger partial charge in [-0.3, -0.25) is 19.2 Å². The number of hydrogen-bond donors (Lipinski definition) is 4. The smallest absolute Gasteiger partial charge is 0.246 e. The maximum Gasteiger partial charge on any atom is 0.246 e. The number of hydrogen-bond acceptors (Lipinski definition) is 10. The summed E-state index contributed by atoms with van der Waals surface area (Å²) in [6.07, 6.45) is 4.32. The summed E-state index contributed by atoms with van der Waals surface area (Å²) in [7, 11) is 1.86. The number of para-hydroxylation sites is 1. The number of piperazine rings is 1. The summed E-state index contributed by atoms with van der Waals surface area (Å²) in [4.78, 5) is 64.5. The van der Waals surface area contributed by atoms with E-state index in [-0.39, 0.29) is 87.8 Å². The number of hydrazine groups is 1. The van der Waals surface area contributed by atoms with Gasteiger partial charge in [0.2, 0.25) is 17.7 Å². The molecule has 2 unspecified atom stereocenters. The number of benzene rings is 3. The van der Waals surface area contributed by atoms with Crippen LogP contribution in [0.1, 0.15) is 39.0 Å². The first kappa shape index (κ1) is 40.8. The second-order valence-electron chi connectivity index (χ2n) is 15.1. The molecule has 2 aliphatic heterocycles. The van der Waals surface area contributed by atoms with Gasteiger partial charge in [-0.2, -0.15) is 0 Å². The first-order chi connectivity index (χ1) is 28.5. The van der Waals surface area contributed by atoms with Crippen LogP contribution >= 0.6 is 0 Å². The molecule has 4 N–H and O–H groups in total. The molecule has 5 aromatic rings. The van der Waals surface area contributed by atoms with E-state index in [4.69, 9.17) is 5.11 Å². The number of pyridine rings is 1. The summed E-state index contributed by atoms with van der Waals surface area (Å²) < 4.78 is 1.89. The number of phenolic OH excluding ortho intramolecular Hbond substituents is 1. The fourth-order valence-electron chi connectivity index (χ4n) is 8.08. The third-order valence-electron chi connectivity index (χ3n) is 10.9. The van der Waals surface area contributed by atoms with Crippen LogP contribution in [0.5, 0.6) is 5.75 Å². The molecular weight excluding hydrogens is 751 g/mol. The third-order valence-corrected chi connectivity index (χ3v) is 10.9. The van der Waals surface area contributed by atoms with Gasteiger partial charge in [0.05, 0.1) is 31.3 Å². The van der Waals surface area contributed by atoms with Crippen LogP contribution in [0.3, 0.4) is 0 Å². The number of aryl methyl sites for hydroxylation is 2. The molecule has 0 spiro atoms. The van der Waals surface area contributed by atoms with Gasteiger partial charge in [-0.15, -0.1) is 6.58 Å². The number of ketones is 1. The van der Waals surface area contributed by atoms with Crippen molar-refractivity contribution in [2.45, 2.75) is 50.5 Å². The van der Waals surface area contributed by atoms with Crippen molar-refractivity contribution in [2.24, 2.45) is 7.05 Å². The Morgan fingerprint density at radius 2 is 1.75 bits per heavy atom. The van der Waals surface area contributed by atoms with E-state index in [1.165, 1.54) is 0 Å². The molecule has 0 aliphatic carbocycles. The lowest BCUT2D eigenvalue weighted by Crippen LogP contribution is -2.75. The SMILES string of the molecule is C=CCN1CC(=O)N2C(CN(Cc3cccc4c(C(=O)Cc5ccc(NCC(O)CO)nc5)cn(C)c34)C(=O)[C@@H]2Cc2ccc(O)cc2)N1C(=O)CCc1ccccc1. The highest BCUT2D eigenvalue weighted by atomic mass is 16.3. The third kappa shape index (κ3) is 9.04. The fraction of sp³-hybridized carbons (Fsp3) is 0.311. The number of fused-ring (bicyclic) bond motifs is 2. The van der Waals surface area contributed by atoms with Crippen LogP contribution in [0.4, 0.5) is 5.82 Å². The summed E-state index contributed by atoms with van der Waals surface area (Å²) in [5, 5.41) is 35.7. The van der Waals surface area contributed by atoms with Crippen LogP contribution < -0.4 is 5.32 Å². The predicted molar refractivity (Wildman–Crippen MR) is 222 cm³/mol. The molecule has 0 radical (unpaired) electrons. The zero-order valence-corrected chi connectivity index (χ0v) is 33.0. The number of nitrogens with zero attached hydrogens (tertiary/aromatic N) is 6. The minimum absolute atomic E-state index is 0.0603. The van der Waals surface area contributed by atoms with Gasteiger partial charge >= 0.3 is 0 Å². The Balaban J connectivity index is 1.18. The normalized spacial score (nSPS) is 17.6. The molecule has 14 heteroatoms. The number of aliphatic hydroxyl groups excluding tert-OH is 2. The van der Waals surface area contributed by atoms with E-state index < -0.39 is 18.3 Å². The Labute approximate surface area is 342 Å². The summed E-state index contributed by atoms with van der Waals surface area (Å²) in [6, 6.07) is 24.5. The monoisotopic (exact) mass is 799 g/mol. The molecule has 14 nitrogen and oxygen atoms in total. The van der Waals surface area contributed by atoms with Crippen LogP contribution in [-0.2, 0) is 47.2 Å². The molecule has 3 amide bonds. The van der Waals surface area contributed by atoms with Crippen molar-refractivity contribution in [1.82, 2.24) is 29.4 Å². The molecule has 59 heavy (non-hydrogen) atoms. The van der Waals surface area contributed by atoms with Crippen molar-refractivity contribution in [3.05, 3.63) is 138 Å². The molecular formula is C45H49N7O7. The van der Waals surface area contributed by atoms with Crippen molar-refractivity contribution >= 4 is 40.2 Å². The summed E-state index contributed by atoms with van der Waals surface area (Å²) >= 11 is 0. The van der Waals surface area contributed by atoms with Gasteiger partial charge in [0.15, 0.2) is 5.78 Å². The molecule has 2 saturated heterocycles. The maximum absolute atomic E-state index is 14.7. The number of carbonyl (C=O) groups is 4. The number of phenols is 1. The zero-order valence-electron chi connectivity index (χ0n) is 33.0. The van der Waals surface area contributed by atoms with E-state index in [0.717, 1.165) is 27.6 Å². The number of carbonyl (C=O) groups excluding carboxylic acids is 4. The number of anilines is 1. The number of amides is 3. The molecule has 3 atom stereocenters. The van der Waals surface area contributed by atoms with Crippen molar-refractivity contribution in [3.63, 3.8) is 0 Å². The second-order valence-corrected chi connectivity index (χ2v) is 15.1. The average molecular weight is 800 g/mol. The highest BCUT2D eigenvalue weighted by Gasteiger charge is 2.51. The fourth-order valence-corrected chi connectivity index (χ4v) is 8.08. The lowest BCUT2D eigenvalue weighted by atomic mass is 9.97. The van der Waals surface area contributed by atoms with E-state index in [9.17, 15) is 29.4 Å². The summed E-state index contributed by atoms with van der Waals surface area (Å²) in [6.45, 7) is 4.04. The van der Waals surface area contributed by atoms with Gasteiger partial charge in [-0.25, -0.2) is 15.0 Å². The van der Waals surface area contributed by atoms with E-state index in [1.54, 1.807) is 74.7 Å². The average Bonchev–Trinajstić information content (AvgIpc) is 3.59. The van der Waals surface area contributed by atoms with Gasteiger partial charge in [-0.05, 0) is 46.9 Å². The molecule has 2 fully saturated rings. The van der Waals surface area contributed by atoms with Gasteiger partial charge < -0.3 is 35.0 Å². The molecule has 2 aromatic heterocycles. The quantitative estimate of drug-likeness (QED) is 0.0857. The second kappa shape index (κ2) is 18.1. The molecule has 3 aromatic carbocycles. The molecule has 0 bridgehead atoms. The highest BCUT2D eigenvalue weighted by Crippen LogP contribution is 2.32. The predicted octanol–water partition coefficient (Wildman–Crippen LogP) is 3.46. The van der Waals surface area contributed by atoms with E-state index in [2.05, 4.69) is 16.9 Å².